The van der Waals surface area contributed by atoms with E-state index >= 15 is 0 Å². The molecule has 0 amide bonds. The van der Waals surface area contributed by atoms with Gasteiger partial charge in [0.25, 0.3) is 0 Å². The minimum absolute atomic E-state index is 0.179. The van der Waals surface area contributed by atoms with Crippen molar-refractivity contribution in [1.29, 1.82) is 0 Å². The summed E-state index contributed by atoms with van der Waals surface area (Å²) in [6, 6.07) is 3.46. The van der Waals surface area contributed by atoms with E-state index in [4.69, 9.17) is 14.6 Å². The number of carboxylic acid groups (broad SMARTS) is 1. The van der Waals surface area contributed by atoms with Gasteiger partial charge in [0.15, 0.2) is 11.5 Å². The summed E-state index contributed by atoms with van der Waals surface area (Å²) in [4.78, 5) is 10.9. The summed E-state index contributed by atoms with van der Waals surface area (Å²) < 4.78 is 11.1. The molecule has 15 heavy (non-hydrogen) atoms. The standard InChI is InChI=1S/C10H9BrO4/c1-5(10(12)13)6-2-3-7-9(8(6)11)15-4-14-7/h2-3,5H,4H2,1H3,(H,12,13). The van der Waals surface area contributed by atoms with Crippen molar-refractivity contribution in [3.05, 3.63) is 22.2 Å². The molecule has 0 saturated carbocycles. The molecule has 0 fully saturated rings. The van der Waals surface area contributed by atoms with Crippen LogP contribution in [-0.4, -0.2) is 17.9 Å². The number of ether oxygens (including phenoxy) is 2. The van der Waals surface area contributed by atoms with Crippen molar-refractivity contribution < 1.29 is 19.4 Å². The number of benzene rings is 1. The molecule has 2 rings (SSSR count). The normalized spacial score (nSPS) is 15.1. The van der Waals surface area contributed by atoms with E-state index in [1.807, 2.05) is 0 Å². The van der Waals surface area contributed by atoms with Gasteiger partial charge in [-0.25, -0.2) is 0 Å². The van der Waals surface area contributed by atoms with Gasteiger partial charge in [0.05, 0.1) is 10.4 Å². The van der Waals surface area contributed by atoms with E-state index in [-0.39, 0.29) is 6.79 Å². The molecule has 1 heterocycles. The lowest BCUT2D eigenvalue weighted by Crippen LogP contribution is -2.08. The molecular formula is C10H9BrO4. The summed E-state index contributed by atoms with van der Waals surface area (Å²) >= 11 is 3.33. The number of carbonyl (C=O) groups is 1. The molecule has 0 radical (unpaired) electrons. The lowest BCUT2D eigenvalue weighted by molar-refractivity contribution is -0.138. The highest BCUT2D eigenvalue weighted by Crippen LogP contribution is 2.43. The molecule has 4 nitrogen and oxygen atoms in total. The van der Waals surface area contributed by atoms with Crippen LogP contribution in [-0.2, 0) is 4.79 Å². The fourth-order valence-corrected chi connectivity index (χ4v) is 2.21. The molecule has 1 aliphatic rings. The van der Waals surface area contributed by atoms with E-state index in [1.54, 1.807) is 19.1 Å². The van der Waals surface area contributed by atoms with Crippen LogP contribution < -0.4 is 9.47 Å². The van der Waals surface area contributed by atoms with Crippen molar-refractivity contribution in [2.24, 2.45) is 0 Å². The second-order valence-corrected chi connectivity index (χ2v) is 4.06. The summed E-state index contributed by atoms with van der Waals surface area (Å²) in [6.45, 7) is 1.81. The molecule has 0 bridgehead atoms. The molecule has 0 aliphatic carbocycles. The number of carboxylic acids is 1. The summed E-state index contributed by atoms with van der Waals surface area (Å²) in [5, 5.41) is 8.92. The molecule has 80 valence electrons. The smallest absolute Gasteiger partial charge is 0.310 e. The molecule has 0 saturated heterocycles. The first kappa shape index (κ1) is 10.3. The monoisotopic (exact) mass is 272 g/mol. The third-order valence-electron chi connectivity index (χ3n) is 2.35. The van der Waals surface area contributed by atoms with E-state index in [0.29, 0.717) is 21.5 Å². The molecule has 1 aliphatic heterocycles. The summed E-state index contributed by atoms with van der Waals surface area (Å²) in [5.41, 5.74) is 0.687. The highest BCUT2D eigenvalue weighted by atomic mass is 79.9. The third-order valence-corrected chi connectivity index (χ3v) is 3.16. The number of halogens is 1. The Morgan fingerprint density at radius 3 is 2.93 bits per heavy atom. The minimum atomic E-state index is -0.866. The largest absolute Gasteiger partial charge is 0.481 e. The van der Waals surface area contributed by atoms with Gasteiger partial charge in [-0.15, -0.1) is 0 Å². The van der Waals surface area contributed by atoms with Crippen molar-refractivity contribution in [2.45, 2.75) is 12.8 Å². The minimum Gasteiger partial charge on any atom is -0.481 e. The van der Waals surface area contributed by atoms with Crippen molar-refractivity contribution in [1.82, 2.24) is 0 Å². The lowest BCUT2D eigenvalue weighted by atomic mass is 10.0. The fourth-order valence-electron chi connectivity index (χ4n) is 1.42. The topological polar surface area (TPSA) is 55.8 Å². The lowest BCUT2D eigenvalue weighted by Gasteiger charge is -2.10. The van der Waals surface area contributed by atoms with Crippen LogP contribution in [0.4, 0.5) is 0 Å². The Morgan fingerprint density at radius 1 is 1.53 bits per heavy atom. The Kier molecular flexibility index (Phi) is 2.56. The Bertz CT molecular complexity index is 416. The zero-order valence-electron chi connectivity index (χ0n) is 7.99. The van der Waals surface area contributed by atoms with Crippen LogP contribution in [0.25, 0.3) is 0 Å². The quantitative estimate of drug-likeness (QED) is 0.898. The molecule has 1 aromatic carbocycles. The van der Waals surface area contributed by atoms with E-state index in [1.165, 1.54) is 0 Å². The molecule has 5 heteroatoms. The predicted molar refractivity (Wildman–Crippen MR) is 56.3 cm³/mol. The van der Waals surface area contributed by atoms with Gasteiger partial charge in [-0.05, 0) is 34.5 Å². The fraction of sp³-hybridized carbons (Fsp3) is 0.300. The Labute approximate surface area is 94.9 Å². The van der Waals surface area contributed by atoms with Gasteiger partial charge in [-0.1, -0.05) is 6.07 Å². The predicted octanol–water partition coefficient (Wildman–Crippen LogP) is 2.37. The summed E-state index contributed by atoms with van der Waals surface area (Å²) in [6.07, 6.45) is 0. The van der Waals surface area contributed by atoms with Crippen LogP contribution in [0.3, 0.4) is 0 Å². The zero-order valence-corrected chi connectivity index (χ0v) is 9.58. The SMILES string of the molecule is CC(C(=O)O)c1ccc2c(c1Br)OCO2. The maximum Gasteiger partial charge on any atom is 0.310 e. The first-order valence-corrected chi connectivity index (χ1v) is 5.21. The van der Waals surface area contributed by atoms with E-state index in [9.17, 15) is 4.79 Å². The second kappa shape index (κ2) is 3.73. The third kappa shape index (κ3) is 1.67. The van der Waals surface area contributed by atoms with Gasteiger partial charge in [0.1, 0.15) is 0 Å². The van der Waals surface area contributed by atoms with E-state index in [2.05, 4.69) is 15.9 Å². The molecule has 1 aromatic rings. The van der Waals surface area contributed by atoms with Crippen molar-refractivity contribution in [2.75, 3.05) is 6.79 Å². The Hall–Kier alpha value is -1.23. The van der Waals surface area contributed by atoms with Gasteiger partial charge >= 0.3 is 5.97 Å². The number of rotatable bonds is 2. The zero-order chi connectivity index (χ0) is 11.0. The number of fused-ring (bicyclic) bond motifs is 1. The Balaban J connectivity index is 2.46. The van der Waals surface area contributed by atoms with Gasteiger partial charge in [0.2, 0.25) is 6.79 Å². The van der Waals surface area contributed by atoms with Crippen molar-refractivity contribution in [3.63, 3.8) is 0 Å². The molecule has 0 aromatic heterocycles. The maximum absolute atomic E-state index is 10.9. The average Bonchev–Trinajstić information content (AvgIpc) is 2.66. The number of hydrogen-bond donors (Lipinski definition) is 1. The number of aliphatic carboxylic acids is 1. The molecule has 1 unspecified atom stereocenters. The van der Waals surface area contributed by atoms with Crippen LogP contribution >= 0.6 is 15.9 Å². The average molecular weight is 273 g/mol. The van der Waals surface area contributed by atoms with Crippen LogP contribution in [0.15, 0.2) is 16.6 Å². The van der Waals surface area contributed by atoms with Gasteiger partial charge < -0.3 is 14.6 Å². The van der Waals surface area contributed by atoms with E-state index < -0.39 is 11.9 Å². The highest BCUT2D eigenvalue weighted by molar-refractivity contribution is 9.10. The number of hydrogen-bond acceptors (Lipinski definition) is 3. The van der Waals surface area contributed by atoms with Gasteiger partial charge in [0, 0.05) is 0 Å². The first-order chi connectivity index (χ1) is 7.11. The van der Waals surface area contributed by atoms with Gasteiger partial charge in [-0.3, -0.25) is 4.79 Å². The molecule has 1 N–H and O–H groups in total. The van der Waals surface area contributed by atoms with Crippen molar-refractivity contribution >= 4 is 21.9 Å². The van der Waals surface area contributed by atoms with Crippen LogP contribution in [0.5, 0.6) is 11.5 Å². The van der Waals surface area contributed by atoms with Crippen LogP contribution in [0.2, 0.25) is 0 Å². The van der Waals surface area contributed by atoms with E-state index in [0.717, 1.165) is 0 Å². The highest BCUT2D eigenvalue weighted by Gasteiger charge is 2.24. The van der Waals surface area contributed by atoms with Crippen LogP contribution in [0.1, 0.15) is 18.4 Å². The second-order valence-electron chi connectivity index (χ2n) is 3.26. The maximum atomic E-state index is 10.9. The first-order valence-electron chi connectivity index (χ1n) is 4.42. The molecule has 1 atom stereocenters. The molecule has 0 spiro atoms. The Morgan fingerprint density at radius 2 is 2.27 bits per heavy atom. The van der Waals surface area contributed by atoms with Gasteiger partial charge in [-0.2, -0.15) is 0 Å². The van der Waals surface area contributed by atoms with Crippen molar-refractivity contribution in [3.8, 4) is 11.5 Å². The molecular weight excluding hydrogens is 264 g/mol. The summed E-state index contributed by atoms with van der Waals surface area (Å²) in [5.74, 6) is -0.216. The summed E-state index contributed by atoms with van der Waals surface area (Å²) in [7, 11) is 0. The van der Waals surface area contributed by atoms with Crippen LogP contribution in [0, 0.1) is 0 Å².